The molecule has 1 aliphatic heterocycles. The third-order valence-corrected chi connectivity index (χ3v) is 5.51. The number of nitrogens with zero attached hydrogens (tertiary/aromatic N) is 3. The van der Waals surface area contributed by atoms with E-state index in [0.29, 0.717) is 11.4 Å². The van der Waals surface area contributed by atoms with Gasteiger partial charge in [-0.3, -0.25) is 14.7 Å². The summed E-state index contributed by atoms with van der Waals surface area (Å²) in [6, 6.07) is 7.34. The summed E-state index contributed by atoms with van der Waals surface area (Å²) in [5.41, 5.74) is 2.07. The van der Waals surface area contributed by atoms with E-state index < -0.39 is 22.0 Å². The molecular weight excluding hydrogens is 308 g/mol. The van der Waals surface area contributed by atoms with Gasteiger partial charge >= 0.3 is 0 Å². The van der Waals surface area contributed by atoms with Crippen molar-refractivity contribution in [2.45, 2.75) is 17.4 Å². The number of hydrogen-bond acceptors (Lipinski definition) is 5. The van der Waals surface area contributed by atoms with E-state index in [0.717, 1.165) is 0 Å². The van der Waals surface area contributed by atoms with Crippen LogP contribution in [0.4, 0.5) is 5.82 Å². The Morgan fingerprint density at radius 1 is 1.36 bits per heavy atom. The van der Waals surface area contributed by atoms with Crippen LogP contribution in [0.5, 0.6) is 0 Å². The van der Waals surface area contributed by atoms with Gasteiger partial charge in [0.15, 0.2) is 0 Å². The molecule has 3 rings (SSSR count). The Labute approximate surface area is 127 Å². The third kappa shape index (κ3) is 2.06. The van der Waals surface area contributed by atoms with Crippen LogP contribution in [-0.2, 0) is 21.9 Å². The molecule has 1 aromatic carbocycles. The number of fused-ring (bicyclic) bond motifs is 1. The van der Waals surface area contributed by atoms with Crippen molar-refractivity contribution in [2.24, 2.45) is 7.05 Å². The number of anilines is 1. The van der Waals surface area contributed by atoms with Crippen LogP contribution in [0.2, 0.25) is 0 Å². The minimum Gasteiger partial charge on any atom is -0.289 e. The molecule has 0 saturated carbocycles. The van der Waals surface area contributed by atoms with E-state index in [4.69, 9.17) is 5.21 Å². The SMILES string of the molecule is Cn1nccc1N1C(CC(=O)NO)c2ccccc2S1(=O)=O. The number of amides is 1. The number of aromatic nitrogens is 2. The summed E-state index contributed by atoms with van der Waals surface area (Å²) in [7, 11) is -2.16. The standard InChI is InChI=1S/C13H14N4O4S/c1-16-13(6-7-14-16)17-10(8-12(18)15-19)9-4-2-3-5-11(9)22(17,20)21/h2-7,10,19H,8H2,1H3,(H,15,18). The Balaban J connectivity index is 2.18. The minimum atomic E-state index is -3.78. The van der Waals surface area contributed by atoms with Gasteiger partial charge in [0.1, 0.15) is 5.82 Å². The molecule has 9 heteroatoms. The summed E-state index contributed by atoms with van der Waals surface area (Å²) < 4.78 is 28.2. The first-order valence-corrected chi connectivity index (χ1v) is 7.95. The molecule has 8 nitrogen and oxygen atoms in total. The lowest BCUT2D eigenvalue weighted by molar-refractivity contribution is -0.129. The van der Waals surface area contributed by atoms with E-state index in [1.165, 1.54) is 21.3 Å². The van der Waals surface area contributed by atoms with Gasteiger partial charge in [-0.25, -0.2) is 18.2 Å². The lowest BCUT2D eigenvalue weighted by Crippen LogP contribution is -2.33. The Morgan fingerprint density at radius 3 is 2.73 bits per heavy atom. The van der Waals surface area contributed by atoms with Crippen molar-refractivity contribution in [1.29, 1.82) is 0 Å². The van der Waals surface area contributed by atoms with E-state index in [1.54, 1.807) is 36.8 Å². The van der Waals surface area contributed by atoms with Crippen LogP contribution >= 0.6 is 0 Å². The highest BCUT2D eigenvalue weighted by Gasteiger charge is 2.44. The van der Waals surface area contributed by atoms with Crippen molar-refractivity contribution in [3.63, 3.8) is 0 Å². The average Bonchev–Trinajstić information content (AvgIpc) is 3.00. The normalized spacial score (nSPS) is 19.0. The Bertz CT molecular complexity index is 830. The fourth-order valence-corrected chi connectivity index (χ4v) is 4.58. The molecule has 1 atom stereocenters. The zero-order valence-corrected chi connectivity index (χ0v) is 12.5. The molecule has 1 aromatic heterocycles. The first-order valence-electron chi connectivity index (χ1n) is 6.51. The smallest absolute Gasteiger partial charge is 0.266 e. The molecule has 0 radical (unpaired) electrons. The minimum absolute atomic E-state index is 0.159. The van der Waals surface area contributed by atoms with Crippen molar-refractivity contribution < 1.29 is 18.4 Å². The van der Waals surface area contributed by atoms with Gasteiger partial charge in [-0.15, -0.1) is 0 Å². The molecule has 1 aliphatic rings. The van der Waals surface area contributed by atoms with Crippen molar-refractivity contribution in [2.75, 3.05) is 4.31 Å². The number of hydroxylamine groups is 1. The number of hydrogen-bond donors (Lipinski definition) is 2. The molecule has 0 aliphatic carbocycles. The summed E-state index contributed by atoms with van der Waals surface area (Å²) in [5.74, 6) is -0.309. The highest BCUT2D eigenvalue weighted by Crippen LogP contribution is 2.43. The first kappa shape index (κ1) is 14.5. The number of benzene rings is 1. The monoisotopic (exact) mass is 322 g/mol. The van der Waals surface area contributed by atoms with Crippen molar-refractivity contribution in [3.05, 3.63) is 42.1 Å². The van der Waals surface area contributed by atoms with Crippen LogP contribution in [0, 0.1) is 0 Å². The number of rotatable bonds is 3. The zero-order chi connectivity index (χ0) is 15.9. The maximum atomic E-state index is 12.8. The summed E-state index contributed by atoms with van der Waals surface area (Å²) >= 11 is 0. The van der Waals surface area contributed by atoms with Crippen molar-refractivity contribution >= 4 is 21.7 Å². The second-order valence-corrected chi connectivity index (χ2v) is 6.69. The fraction of sp³-hybridized carbons (Fsp3) is 0.231. The number of sulfonamides is 1. The van der Waals surface area contributed by atoms with Crippen LogP contribution in [0.1, 0.15) is 18.0 Å². The van der Waals surface area contributed by atoms with Crippen molar-refractivity contribution in [3.8, 4) is 0 Å². The largest absolute Gasteiger partial charge is 0.289 e. The third-order valence-electron chi connectivity index (χ3n) is 3.62. The topological polar surface area (TPSA) is 105 Å². The molecular formula is C13H14N4O4S. The van der Waals surface area contributed by atoms with Gasteiger partial charge in [0.2, 0.25) is 5.91 Å². The van der Waals surface area contributed by atoms with Gasteiger partial charge in [-0.1, -0.05) is 18.2 Å². The van der Waals surface area contributed by atoms with Gasteiger partial charge in [-0.2, -0.15) is 5.10 Å². The van der Waals surface area contributed by atoms with Gasteiger partial charge in [-0.05, 0) is 11.6 Å². The maximum absolute atomic E-state index is 12.8. The Hall–Kier alpha value is -2.39. The highest BCUT2D eigenvalue weighted by atomic mass is 32.2. The predicted molar refractivity (Wildman–Crippen MR) is 76.6 cm³/mol. The lowest BCUT2D eigenvalue weighted by atomic mass is 10.0. The van der Waals surface area contributed by atoms with E-state index in [9.17, 15) is 13.2 Å². The predicted octanol–water partition coefficient (Wildman–Crippen LogP) is 0.566. The van der Waals surface area contributed by atoms with E-state index >= 15 is 0 Å². The molecule has 2 aromatic rings. The first-order chi connectivity index (χ1) is 10.5. The molecule has 2 N–H and O–H groups in total. The summed E-state index contributed by atoms with van der Waals surface area (Å²) in [5, 5.41) is 12.7. The van der Waals surface area contributed by atoms with Gasteiger partial charge in [0.25, 0.3) is 10.0 Å². The van der Waals surface area contributed by atoms with Crippen LogP contribution in [0.25, 0.3) is 0 Å². The molecule has 0 saturated heterocycles. The van der Waals surface area contributed by atoms with Gasteiger partial charge in [0.05, 0.1) is 23.6 Å². The highest BCUT2D eigenvalue weighted by molar-refractivity contribution is 7.93. The maximum Gasteiger partial charge on any atom is 0.266 e. The lowest BCUT2D eigenvalue weighted by Gasteiger charge is -2.24. The number of aryl methyl sites for hydroxylation is 1. The fourth-order valence-electron chi connectivity index (χ4n) is 2.67. The summed E-state index contributed by atoms with van der Waals surface area (Å²) in [4.78, 5) is 11.7. The quantitative estimate of drug-likeness (QED) is 0.635. The number of carbonyl (C=O) groups is 1. The molecule has 22 heavy (non-hydrogen) atoms. The van der Waals surface area contributed by atoms with E-state index in [1.807, 2.05) is 0 Å². The number of nitrogens with one attached hydrogen (secondary N) is 1. The second kappa shape index (κ2) is 5.11. The van der Waals surface area contributed by atoms with Crippen molar-refractivity contribution in [1.82, 2.24) is 15.3 Å². The second-order valence-electron chi connectivity index (χ2n) is 4.91. The van der Waals surface area contributed by atoms with Gasteiger partial charge < -0.3 is 0 Å². The molecule has 1 unspecified atom stereocenters. The number of carbonyl (C=O) groups excluding carboxylic acids is 1. The van der Waals surface area contributed by atoms with Crippen LogP contribution < -0.4 is 9.79 Å². The van der Waals surface area contributed by atoms with Gasteiger partial charge in [0, 0.05) is 13.1 Å². The molecule has 0 fully saturated rings. The average molecular weight is 322 g/mol. The molecule has 0 bridgehead atoms. The summed E-state index contributed by atoms with van der Waals surface area (Å²) in [6.07, 6.45) is 1.29. The molecule has 116 valence electrons. The zero-order valence-electron chi connectivity index (χ0n) is 11.7. The molecule has 0 spiro atoms. The van der Waals surface area contributed by atoms with Crippen LogP contribution in [0.3, 0.4) is 0 Å². The summed E-state index contributed by atoms with van der Waals surface area (Å²) in [6.45, 7) is 0. The Kier molecular flexibility index (Phi) is 3.38. The van der Waals surface area contributed by atoms with Crippen LogP contribution in [-0.4, -0.2) is 29.3 Å². The van der Waals surface area contributed by atoms with Crippen LogP contribution in [0.15, 0.2) is 41.4 Å². The molecule has 2 heterocycles. The Morgan fingerprint density at radius 2 is 2.09 bits per heavy atom. The molecule has 1 amide bonds. The van der Waals surface area contributed by atoms with E-state index in [2.05, 4.69) is 5.10 Å². The van der Waals surface area contributed by atoms with E-state index in [-0.39, 0.29) is 11.3 Å².